The molecular formula is C27H37N3O3S. The lowest BCUT2D eigenvalue weighted by molar-refractivity contribution is -0.135. The van der Waals surface area contributed by atoms with Gasteiger partial charge in [0.25, 0.3) is 5.56 Å². The Kier molecular flexibility index (Phi) is 7.90. The number of ether oxygens (including phenoxy) is 1. The summed E-state index contributed by atoms with van der Waals surface area (Å²) in [5.74, 6) is 0.554. The van der Waals surface area contributed by atoms with Gasteiger partial charge in [0.1, 0.15) is 0 Å². The van der Waals surface area contributed by atoms with Crippen LogP contribution in [0.2, 0.25) is 0 Å². The fourth-order valence-electron chi connectivity index (χ4n) is 6.04. The molecule has 0 spiro atoms. The van der Waals surface area contributed by atoms with Crippen LogP contribution in [0.15, 0.2) is 34.2 Å². The fraction of sp³-hybridized carbons (Fsp3) is 0.667. The number of hydrogen-bond donors (Lipinski definition) is 0. The number of hydrogen-bond acceptors (Lipinski definition) is 5. The Bertz CT molecular complexity index is 1020. The van der Waals surface area contributed by atoms with E-state index in [9.17, 15) is 9.59 Å². The summed E-state index contributed by atoms with van der Waals surface area (Å²) >= 11 is 1.43. The standard InChI is InChI=1S/C27H37N3O3S/c31-25(30(20-10-3-1-4-11-20)21-12-5-2-6-13-21)19-34-27-28-24-16-8-7-15-23(24)26(32)29(27)18-22-14-9-17-33-22/h7-8,15-16,20-22H,1-6,9-14,17-19H2. The van der Waals surface area contributed by atoms with Gasteiger partial charge in [-0.1, -0.05) is 62.4 Å². The lowest BCUT2D eigenvalue weighted by Crippen LogP contribution is -2.49. The number of amides is 1. The van der Waals surface area contributed by atoms with E-state index in [1.54, 1.807) is 4.57 Å². The quantitative estimate of drug-likeness (QED) is 0.402. The molecule has 34 heavy (non-hydrogen) atoms. The Balaban J connectivity index is 1.38. The van der Waals surface area contributed by atoms with Gasteiger partial charge in [-0.3, -0.25) is 14.2 Å². The molecule has 0 N–H and O–H groups in total. The predicted molar refractivity (Wildman–Crippen MR) is 136 cm³/mol. The number of thioether (sulfide) groups is 1. The molecular weight excluding hydrogens is 446 g/mol. The Morgan fingerprint density at radius 1 is 0.971 bits per heavy atom. The highest BCUT2D eigenvalue weighted by Gasteiger charge is 2.32. The molecule has 0 radical (unpaired) electrons. The monoisotopic (exact) mass is 483 g/mol. The fourth-order valence-corrected chi connectivity index (χ4v) is 6.91. The second-order valence-electron chi connectivity index (χ2n) is 10.1. The van der Waals surface area contributed by atoms with Crippen molar-refractivity contribution in [2.24, 2.45) is 0 Å². The van der Waals surface area contributed by atoms with Crippen LogP contribution in [0.1, 0.15) is 77.0 Å². The summed E-state index contributed by atoms with van der Waals surface area (Å²) in [5.41, 5.74) is 0.662. The minimum Gasteiger partial charge on any atom is -0.376 e. The van der Waals surface area contributed by atoms with Gasteiger partial charge in [0.2, 0.25) is 5.91 Å². The molecule has 1 aromatic heterocycles. The van der Waals surface area contributed by atoms with Gasteiger partial charge in [-0.2, -0.15) is 0 Å². The van der Waals surface area contributed by atoms with Crippen LogP contribution < -0.4 is 5.56 Å². The number of fused-ring (bicyclic) bond motifs is 1. The number of carbonyl (C=O) groups excluding carboxylic acids is 1. The average molecular weight is 484 g/mol. The summed E-state index contributed by atoms with van der Waals surface area (Å²) < 4.78 is 7.58. The molecule has 2 aliphatic carbocycles. The molecule has 7 heteroatoms. The van der Waals surface area contributed by atoms with Crippen molar-refractivity contribution in [2.45, 2.75) is 107 Å². The van der Waals surface area contributed by atoms with Gasteiger partial charge in [-0.05, 0) is 50.7 Å². The third kappa shape index (κ3) is 5.35. The third-order valence-corrected chi connectivity index (χ3v) is 8.75. The molecule has 6 nitrogen and oxygen atoms in total. The molecule has 1 atom stereocenters. The number of carbonyl (C=O) groups is 1. The van der Waals surface area contributed by atoms with E-state index in [1.165, 1.54) is 50.3 Å². The molecule has 2 aromatic rings. The van der Waals surface area contributed by atoms with Crippen LogP contribution in [-0.4, -0.2) is 50.9 Å². The van der Waals surface area contributed by atoms with E-state index in [0.717, 1.165) is 45.1 Å². The first-order valence-corrected chi connectivity index (χ1v) is 14.2. The Labute approximate surface area is 206 Å². The number of nitrogens with zero attached hydrogens (tertiary/aromatic N) is 3. The SMILES string of the molecule is O=C(CSc1nc2ccccc2c(=O)n1CC1CCCO1)N(C1CCCCC1)C1CCCCC1. The maximum Gasteiger partial charge on any atom is 0.262 e. The van der Waals surface area contributed by atoms with Crippen molar-refractivity contribution in [1.82, 2.24) is 14.5 Å². The predicted octanol–water partition coefficient (Wildman–Crippen LogP) is 5.16. The van der Waals surface area contributed by atoms with Crippen LogP contribution in [0.5, 0.6) is 0 Å². The summed E-state index contributed by atoms with van der Waals surface area (Å²) in [6.07, 6.45) is 14.0. The van der Waals surface area contributed by atoms with E-state index in [0.29, 0.717) is 40.4 Å². The Morgan fingerprint density at radius 2 is 1.65 bits per heavy atom. The highest BCUT2D eigenvalue weighted by Crippen LogP contribution is 2.31. The Morgan fingerprint density at radius 3 is 2.29 bits per heavy atom. The zero-order valence-corrected chi connectivity index (χ0v) is 20.9. The molecule has 184 valence electrons. The molecule has 0 bridgehead atoms. The largest absolute Gasteiger partial charge is 0.376 e. The van der Waals surface area contributed by atoms with Crippen molar-refractivity contribution >= 4 is 28.6 Å². The van der Waals surface area contributed by atoms with Crippen LogP contribution in [0.25, 0.3) is 10.9 Å². The molecule has 2 saturated carbocycles. The number of para-hydroxylation sites is 1. The minimum atomic E-state index is -0.0348. The Hall–Kier alpha value is -1.86. The first-order valence-electron chi connectivity index (χ1n) is 13.3. The zero-order valence-electron chi connectivity index (χ0n) is 20.1. The van der Waals surface area contributed by atoms with Crippen LogP contribution in [-0.2, 0) is 16.1 Å². The number of benzene rings is 1. The molecule has 2 heterocycles. The smallest absolute Gasteiger partial charge is 0.262 e. The second kappa shape index (κ2) is 11.3. The van der Waals surface area contributed by atoms with Gasteiger partial charge in [0, 0.05) is 18.7 Å². The van der Waals surface area contributed by atoms with Crippen LogP contribution in [0.3, 0.4) is 0 Å². The summed E-state index contributed by atoms with van der Waals surface area (Å²) in [4.78, 5) is 34.1. The average Bonchev–Trinajstić information content (AvgIpc) is 3.40. The summed E-state index contributed by atoms with van der Waals surface area (Å²) in [7, 11) is 0. The van der Waals surface area contributed by atoms with Crippen molar-refractivity contribution in [3.05, 3.63) is 34.6 Å². The van der Waals surface area contributed by atoms with Crippen LogP contribution in [0.4, 0.5) is 0 Å². The molecule has 1 unspecified atom stereocenters. The van der Waals surface area contributed by atoms with E-state index in [2.05, 4.69) is 4.90 Å². The van der Waals surface area contributed by atoms with Crippen molar-refractivity contribution in [1.29, 1.82) is 0 Å². The maximum absolute atomic E-state index is 13.7. The molecule has 1 amide bonds. The van der Waals surface area contributed by atoms with Crippen molar-refractivity contribution in [2.75, 3.05) is 12.4 Å². The molecule has 3 aliphatic rings. The van der Waals surface area contributed by atoms with E-state index >= 15 is 0 Å². The normalized spacial score (nSPS) is 22.3. The van der Waals surface area contributed by atoms with E-state index in [4.69, 9.17) is 9.72 Å². The highest BCUT2D eigenvalue weighted by molar-refractivity contribution is 7.99. The van der Waals surface area contributed by atoms with Gasteiger partial charge < -0.3 is 9.64 Å². The van der Waals surface area contributed by atoms with Gasteiger partial charge in [0.15, 0.2) is 5.16 Å². The molecule has 1 aliphatic heterocycles. The van der Waals surface area contributed by atoms with E-state index in [-0.39, 0.29) is 17.6 Å². The van der Waals surface area contributed by atoms with Gasteiger partial charge in [-0.25, -0.2) is 4.98 Å². The summed E-state index contributed by atoms with van der Waals surface area (Å²) in [6, 6.07) is 8.27. The topological polar surface area (TPSA) is 64.4 Å². The molecule has 3 fully saturated rings. The van der Waals surface area contributed by atoms with Crippen molar-refractivity contribution in [3.8, 4) is 0 Å². The van der Waals surface area contributed by atoms with Crippen LogP contribution in [0, 0.1) is 0 Å². The molecule has 1 aromatic carbocycles. The van der Waals surface area contributed by atoms with E-state index in [1.807, 2.05) is 24.3 Å². The second-order valence-corrected chi connectivity index (χ2v) is 11.1. The van der Waals surface area contributed by atoms with Gasteiger partial charge in [0.05, 0.1) is 29.3 Å². The molecule has 1 saturated heterocycles. The van der Waals surface area contributed by atoms with Crippen LogP contribution >= 0.6 is 11.8 Å². The summed E-state index contributed by atoms with van der Waals surface area (Å²) in [5, 5.41) is 1.27. The zero-order chi connectivity index (χ0) is 23.3. The number of rotatable bonds is 7. The third-order valence-electron chi connectivity index (χ3n) is 7.79. The number of aromatic nitrogens is 2. The minimum absolute atomic E-state index is 0.0348. The first kappa shape index (κ1) is 23.9. The van der Waals surface area contributed by atoms with Crippen molar-refractivity contribution < 1.29 is 9.53 Å². The van der Waals surface area contributed by atoms with Gasteiger partial charge >= 0.3 is 0 Å². The molecule has 5 rings (SSSR count). The lowest BCUT2D eigenvalue weighted by Gasteiger charge is -2.41. The summed E-state index contributed by atoms with van der Waals surface area (Å²) in [6.45, 7) is 1.25. The van der Waals surface area contributed by atoms with E-state index < -0.39 is 0 Å². The first-order chi connectivity index (χ1) is 16.7. The van der Waals surface area contributed by atoms with Gasteiger partial charge in [-0.15, -0.1) is 0 Å². The lowest BCUT2D eigenvalue weighted by atomic mass is 9.88. The highest BCUT2D eigenvalue weighted by atomic mass is 32.2. The maximum atomic E-state index is 13.7. The van der Waals surface area contributed by atoms with Crippen molar-refractivity contribution in [3.63, 3.8) is 0 Å².